The number of fused-ring (bicyclic) bond motifs is 5. The number of carbonyl (C=O) groups is 1. The van der Waals surface area contributed by atoms with Crippen LogP contribution in [-0.2, 0) is 12.8 Å². The zero-order valence-electron chi connectivity index (χ0n) is 18.4. The summed E-state index contributed by atoms with van der Waals surface area (Å²) in [6.07, 6.45) is 8.13. The zero-order valence-corrected chi connectivity index (χ0v) is 18.4. The molecule has 5 rings (SSSR count). The van der Waals surface area contributed by atoms with Gasteiger partial charge in [-0.25, -0.2) is 0 Å². The third-order valence-corrected chi connectivity index (χ3v) is 8.81. The molecule has 1 amide bonds. The number of rotatable bonds is 4. The van der Waals surface area contributed by atoms with E-state index < -0.39 is 5.91 Å². The normalized spacial score (nSPS) is 33.8. The summed E-state index contributed by atoms with van der Waals surface area (Å²) < 4.78 is 0. The molecule has 0 spiro atoms. The van der Waals surface area contributed by atoms with Crippen LogP contribution in [0.1, 0.15) is 71.1 Å². The Labute approximate surface area is 185 Å². The summed E-state index contributed by atoms with van der Waals surface area (Å²) in [5.74, 6) is 1.67. The van der Waals surface area contributed by atoms with Crippen LogP contribution in [0.4, 0.5) is 0 Å². The molecule has 31 heavy (non-hydrogen) atoms. The summed E-state index contributed by atoms with van der Waals surface area (Å²) in [7, 11) is 0. The summed E-state index contributed by atoms with van der Waals surface area (Å²) in [5.41, 5.74) is 11.4. The first kappa shape index (κ1) is 20.5. The van der Waals surface area contributed by atoms with Gasteiger partial charge in [0.2, 0.25) is 5.91 Å². The highest BCUT2D eigenvalue weighted by Gasteiger charge is 2.57. The molecule has 2 aromatic carbocycles. The number of aliphatic hydroxyl groups excluding tert-OH is 1. The van der Waals surface area contributed by atoms with E-state index in [0.717, 1.165) is 31.2 Å². The zero-order chi connectivity index (χ0) is 21.8. The Morgan fingerprint density at radius 2 is 2.10 bits per heavy atom. The Morgan fingerprint density at radius 1 is 1.26 bits per heavy atom. The van der Waals surface area contributed by atoms with Gasteiger partial charge in [0, 0.05) is 5.56 Å². The van der Waals surface area contributed by atoms with Crippen LogP contribution in [0, 0.1) is 23.2 Å². The number of nitrogens with two attached hydrogens (primary N) is 1. The number of aryl methyl sites for hydroxylation is 1. The summed E-state index contributed by atoms with van der Waals surface area (Å²) in [6.45, 7) is 6.25. The highest BCUT2D eigenvalue weighted by molar-refractivity contribution is 5.92. The molecule has 0 aliphatic heterocycles. The summed E-state index contributed by atoms with van der Waals surface area (Å²) in [5, 5.41) is 11.4. The first-order chi connectivity index (χ1) is 14.9. The highest BCUT2D eigenvalue weighted by Crippen LogP contribution is 2.62. The van der Waals surface area contributed by atoms with E-state index in [2.05, 4.69) is 37.8 Å². The van der Waals surface area contributed by atoms with Gasteiger partial charge in [-0.15, -0.1) is 0 Å². The lowest BCUT2D eigenvalue weighted by molar-refractivity contribution is -0.0325. The van der Waals surface area contributed by atoms with Crippen LogP contribution in [0.25, 0.3) is 6.08 Å². The molecule has 0 heterocycles. The van der Waals surface area contributed by atoms with Crippen LogP contribution in [0.2, 0.25) is 0 Å². The summed E-state index contributed by atoms with van der Waals surface area (Å²) in [6, 6.07) is 14.5. The molecule has 2 aromatic rings. The lowest BCUT2D eigenvalue weighted by Crippen LogP contribution is -2.44. The molecule has 2 fully saturated rings. The van der Waals surface area contributed by atoms with Gasteiger partial charge < -0.3 is 10.8 Å². The van der Waals surface area contributed by atoms with Crippen LogP contribution < -0.4 is 5.73 Å². The largest absolute Gasteiger partial charge is 0.392 e. The molecule has 0 saturated heterocycles. The van der Waals surface area contributed by atoms with Crippen LogP contribution in [0.5, 0.6) is 0 Å². The van der Waals surface area contributed by atoms with Crippen molar-refractivity contribution >= 4 is 12.0 Å². The Morgan fingerprint density at radius 3 is 2.87 bits per heavy atom. The standard InChI is InChI=1S/C28H33NO2/c1-3-17-7-9-22-19(13-17)8-10-24-23(22)11-12-28(2)25(24)16-21(26(28)30)15-18-5-4-6-20(14-18)27(29)31/h3-7,9,13-14,21,23-26,30H,1,8,10-12,15-16H2,2H3,(H2,29,31)/t21-,23+,24+,25-,26-,28-/m0/s1. The van der Waals surface area contributed by atoms with Crippen molar-refractivity contribution in [2.45, 2.75) is 57.5 Å². The van der Waals surface area contributed by atoms with E-state index in [-0.39, 0.29) is 17.4 Å². The number of aliphatic hydroxyl groups is 1. The predicted molar refractivity (Wildman–Crippen MR) is 125 cm³/mol. The molecule has 3 aliphatic rings. The van der Waals surface area contributed by atoms with Crippen molar-refractivity contribution in [3.63, 3.8) is 0 Å². The van der Waals surface area contributed by atoms with Gasteiger partial charge in [-0.3, -0.25) is 4.79 Å². The van der Waals surface area contributed by atoms with Gasteiger partial charge in [0.05, 0.1) is 6.10 Å². The Kier molecular flexibility index (Phi) is 5.05. The van der Waals surface area contributed by atoms with Gasteiger partial charge in [-0.2, -0.15) is 0 Å². The Bertz CT molecular complexity index is 1030. The molecule has 3 nitrogen and oxygen atoms in total. The molecule has 3 heteroatoms. The van der Waals surface area contributed by atoms with Crippen LogP contribution in [0.3, 0.4) is 0 Å². The minimum atomic E-state index is -0.391. The third-order valence-electron chi connectivity index (χ3n) is 8.81. The minimum absolute atomic E-state index is 0.00824. The molecule has 6 atom stereocenters. The van der Waals surface area contributed by atoms with E-state index in [0.29, 0.717) is 23.3 Å². The monoisotopic (exact) mass is 415 g/mol. The molecular formula is C28H33NO2. The van der Waals surface area contributed by atoms with Gasteiger partial charge in [0.1, 0.15) is 0 Å². The molecule has 0 aromatic heterocycles. The number of carbonyl (C=O) groups excluding carboxylic acids is 1. The maximum atomic E-state index is 11.6. The fourth-order valence-corrected chi connectivity index (χ4v) is 7.23. The maximum Gasteiger partial charge on any atom is 0.248 e. The van der Waals surface area contributed by atoms with Gasteiger partial charge in [-0.05, 0) is 102 Å². The Hall–Kier alpha value is -2.39. The predicted octanol–water partition coefficient (Wildman–Crippen LogP) is 5.11. The smallest absolute Gasteiger partial charge is 0.248 e. The van der Waals surface area contributed by atoms with Crippen LogP contribution in [-0.4, -0.2) is 17.1 Å². The van der Waals surface area contributed by atoms with E-state index in [1.54, 1.807) is 6.07 Å². The molecule has 3 N–H and O–H groups in total. The van der Waals surface area contributed by atoms with E-state index >= 15 is 0 Å². The molecule has 0 bridgehead atoms. The average Bonchev–Trinajstić information content (AvgIpc) is 3.03. The fraction of sp³-hybridized carbons (Fsp3) is 0.464. The van der Waals surface area contributed by atoms with Crippen molar-refractivity contribution in [2.75, 3.05) is 0 Å². The molecule has 2 saturated carbocycles. The summed E-state index contributed by atoms with van der Waals surface area (Å²) in [4.78, 5) is 11.6. The van der Waals surface area contributed by atoms with Crippen molar-refractivity contribution in [1.29, 1.82) is 0 Å². The second-order valence-electron chi connectivity index (χ2n) is 10.3. The van der Waals surface area contributed by atoms with Crippen molar-refractivity contribution in [1.82, 2.24) is 0 Å². The van der Waals surface area contributed by atoms with Gasteiger partial charge in [0.15, 0.2) is 0 Å². The second-order valence-corrected chi connectivity index (χ2v) is 10.3. The van der Waals surface area contributed by atoms with Crippen molar-refractivity contribution in [2.24, 2.45) is 28.9 Å². The number of benzene rings is 2. The molecule has 0 radical (unpaired) electrons. The van der Waals surface area contributed by atoms with Crippen LogP contribution >= 0.6 is 0 Å². The lowest BCUT2D eigenvalue weighted by Gasteiger charge is -2.50. The number of amides is 1. The quantitative estimate of drug-likeness (QED) is 0.728. The van der Waals surface area contributed by atoms with Gasteiger partial charge in [0.25, 0.3) is 0 Å². The van der Waals surface area contributed by atoms with Crippen molar-refractivity contribution < 1.29 is 9.90 Å². The van der Waals surface area contributed by atoms with Gasteiger partial charge >= 0.3 is 0 Å². The average molecular weight is 416 g/mol. The number of hydrogen-bond donors (Lipinski definition) is 2. The van der Waals surface area contributed by atoms with Crippen molar-refractivity contribution in [3.05, 3.63) is 76.9 Å². The highest BCUT2D eigenvalue weighted by atomic mass is 16.3. The SMILES string of the molecule is C=Cc1ccc2c(c1)CC[C@@H]1[C@@H]2CC[C@]2(C)[C@@H](O)[C@@H](Cc3cccc(C(N)=O)c3)C[C@@H]12. The lowest BCUT2D eigenvalue weighted by atomic mass is 9.55. The number of hydrogen-bond acceptors (Lipinski definition) is 2. The molecule has 3 aliphatic carbocycles. The van der Waals surface area contributed by atoms with Gasteiger partial charge in [-0.1, -0.05) is 49.9 Å². The van der Waals surface area contributed by atoms with Crippen LogP contribution in [0.15, 0.2) is 49.0 Å². The second kappa shape index (κ2) is 7.63. The fourth-order valence-electron chi connectivity index (χ4n) is 7.23. The molecule has 162 valence electrons. The Balaban J connectivity index is 1.40. The molecule has 0 unspecified atom stereocenters. The third kappa shape index (κ3) is 3.34. The van der Waals surface area contributed by atoms with Crippen molar-refractivity contribution in [3.8, 4) is 0 Å². The van der Waals surface area contributed by atoms with E-state index in [9.17, 15) is 9.90 Å². The first-order valence-electron chi connectivity index (χ1n) is 11.7. The minimum Gasteiger partial charge on any atom is -0.392 e. The summed E-state index contributed by atoms with van der Waals surface area (Å²) >= 11 is 0. The number of primary amides is 1. The first-order valence-corrected chi connectivity index (χ1v) is 11.7. The topological polar surface area (TPSA) is 63.3 Å². The van der Waals surface area contributed by atoms with E-state index in [1.807, 2.05) is 18.2 Å². The van der Waals surface area contributed by atoms with E-state index in [1.165, 1.54) is 29.5 Å². The molecular weight excluding hydrogens is 382 g/mol. The van der Waals surface area contributed by atoms with E-state index in [4.69, 9.17) is 5.73 Å². The maximum absolute atomic E-state index is 11.6.